The van der Waals surface area contributed by atoms with Gasteiger partial charge in [-0.2, -0.15) is 0 Å². The van der Waals surface area contributed by atoms with Crippen LogP contribution in [-0.4, -0.2) is 15.0 Å². The van der Waals surface area contributed by atoms with Gasteiger partial charge in [0.25, 0.3) is 0 Å². The first-order valence-electron chi connectivity index (χ1n) is 11.8. The molecule has 0 saturated heterocycles. The molecule has 0 N–H and O–H groups in total. The summed E-state index contributed by atoms with van der Waals surface area (Å²) in [5.41, 5.74) is 6.64. The predicted molar refractivity (Wildman–Crippen MR) is 144 cm³/mol. The predicted octanol–water partition coefficient (Wildman–Crippen LogP) is 7.67. The number of nitrogens with zero attached hydrogens (tertiary/aromatic N) is 3. The number of pyridine rings is 1. The standard InChI is InChI=1S/C17H13N2.C15H12N.Ir/c1-13-11-18-17(19-12-13)16-9-5-8-15(10-16)14-6-3-2-4-7-14;1-2-11-9-13-8-7-12-5-3-4-6-14(12)15(13)16-10-11;/h2-8,10-12H,1H3;3-5,7-10H,2H2,1H3;/q2*-1;. The number of aromatic nitrogens is 3. The summed E-state index contributed by atoms with van der Waals surface area (Å²) in [7, 11) is 0. The third kappa shape index (κ3) is 5.73. The van der Waals surface area contributed by atoms with E-state index in [1.807, 2.05) is 68.0 Å². The first kappa shape index (κ1) is 25.4. The molecule has 4 aromatic carbocycles. The molecule has 0 spiro atoms. The maximum atomic E-state index is 4.55. The average Bonchev–Trinajstić information content (AvgIpc) is 2.94. The van der Waals surface area contributed by atoms with Crippen molar-refractivity contribution in [3.8, 4) is 22.5 Å². The van der Waals surface area contributed by atoms with Crippen LogP contribution < -0.4 is 0 Å². The third-order valence-electron chi connectivity index (χ3n) is 5.88. The van der Waals surface area contributed by atoms with Crippen LogP contribution in [-0.2, 0) is 26.5 Å². The van der Waals surface area contributed by atoms with Gasteiger partial charge in [0.15, 0.2) is 0 Å². The van der Waals surface area contributed by atoms with E-state index in [2.05, 4.69) is 76.5 Å². The number of hydrogen-bond donors (Lipinski definition) is 0. The Labute approximate surface area is 225 Å². The molecule has 0 fully saturated rings. The van der Waals surface area contributed by atoms with Crippen LogP contribution in [0.2, 0.25) is 0 Å². The van der Waals surface area contributed by atoms with Gasteiger partial charge < -0.3 is 4.98 Å². The van der Waals surface area contributed by atoms with Crippen molar-refractivity contribution < 1.29 is 20.1 Å². The van der Waals surface area contributed by atoms with E-state index < -0.39 is 0 Å². The Morgan fingerprint density at radius 2 is 1.47 bits per heavy atom. The zero-order valence-electron chi connectivity index (χ0n) is 20.2. The van der Waals surface area contributed by atoms with E-state index >= 15 is 0 Å². The molecule has 4 heteroatoms. The number of fused-ring (bicyclic) bond motifs is 3. The van der Waals surface area contributed by atoms with E-state index in [1.165, 1.54) is 21.9 Å². The van der Waals surface area contributed by atoms with Crippen molar-refractivity contribution in [2.75, 3.05) is 0 Å². The molecule has 0 amide bonds. The molecule has 0 bridgehead atoms. The minimum atomic E-state index is 0. The molecular weight excluding hydrogens is 619 g/mol. The normalized spacial score (nSPS) is 10.4. The number of rotatable bonds is 3. The van der Waals surface area contributed by atoms with E-state index in [0.29, 0.717) is 5.82 Å². The van der Waals surface area contributed by atoms with Gasteiger partial charge in [0, 0.05) is 38.7 Å². The topological polar surface area (TPSA) is 38.7 Å². The largest absolute Gasteiger partial charge is 0.304 e. The second-order valence-corrected chi connectivity index (χ2v) is 8.41. The zero-order chi connectivity index (χ0) is 24.0. The molecule has 2 heterocycles. The van der Waals surface area contributed by atoms with Crippen molar-refractivity contribution in [3.63, 3.8) is 0 Å². The van der Waals surface area contributed by atoms with E-state index in [4.69, 9.17) is 0 Å². The number of aryl methyl sites for hydroxylation is 2. The number of benzene rings is 4. The molecule has 179 valence electrons. The van der Waals surface area contributed by atoms with Crippen molar-refractivity contribution in [3.05, 3.63) is 127 Å². The maximum absolute atomic E-state index is 4.55. The SMILES string of the molecule is CCc1cnc2c(ccc3ccc[c-]c32)c1.Cc1cnc(-c2[c-]ccc(-c3ccccc3)c2)nc1.[Ir]. The first-order chi connectivity index (χ1) is 17.2. The molecule has 2 aromatic heterocycles. The van der Waals surface area contributed by atoms with Crippen molar-refractivity contribution >= 4 is 21.7 Å². The maximum Gasteiger partial charge on any atom is 0.0748 e. The summed E-state index contributed by atoms with van der Waals surface area (Å²) in [6.45, 7) is 4.13. The molecule has 6 aromatic rings. The molecule has 0 atom stereocenters. The van der Waals surface area contributed by atoms with Crippen LogP contribution in [0.15, 0.2) is 104 Å². The van der Waals surface area contributed by atoms with Crippen LogP contribution in [0.4, 0.5) is 0 Å². The second kappa shape index (κ2) is 11.8. The van der Waals surface area contributed by atoms with Gasteiger partial charge in [-0.15, -0.1) is 70.4 Å². The summed E-state index contributed by atoms with van der Waals surface area (Å²) in [5, 5.41) is 3.52. The minimum Gasteiger partial charge on any atom is -0.304 e. The molecule has 0 aliphatic rings. The van der Waals surface area contributed by atoms with E-state index in [9.17, 15) is 0 Å². The Hall–Kier alpha value is -3.72. The van der Waals surface area contributed by atoms with Gasteiger partial charge >= 0.3 is 0 Å². The smallest absolute Gasteiger partial charge is 0.0748 e. The van der Waals surface area contributed by atoms with Gasteiger partial charge in [0.2, 0.25) is 0 Å². The Balaban J connectivity index is 0.000000167. The van der Waals surface area contributed by atoms with Gasteiger partial charge in [-0.25, -0.2) is 0 Å². The molecule has 0 aliphatic carbocycles. The van der Waals surface area contributed by atoms with Crippen molar-refractivity contribution in [1.82, 2.24) is 15.0 Å². The third-order valence-corrected chi connectivity index (χ3v) is 5.88. The summed E-state index contributed by atoms with van der Waals surface area (Å²) < 4.78 is 0. The fourth-order valence-corrected chi connectivity index (χ4v) is 3.97. The van der Waals surface area contributed by atoms with Gasteiger partial charge in [0.1, 0.15) is 0 Å². The Kier molecular flexibility index (Phi) is 8.32. The molecule has 0 saturated carbocycles. The van der Waals surface area contributed by atoms with Crippen molar-refractivity contribution in [2.24, 2.45) is 0 Å². The fourth-order valence-electron chi connectivity index (χ4n) is 3.97. The van der Waals surface area contributed by atoms with Gasteiger partial charge in [-0.05, 0) is 40.9 Å². The van der Waals surface area contributed by atoms with Crippen LogP contribution >= 0.6 is 0 Å². The summed E-state index contributed by atoms with van der Waals surface area (Å²) in [4.78, 5) is 13.2. The van der Waals surface area contributed by atoms with Gasteiger partial charge in [0.05, 0.1) is 5.82 Å². The quantitative estimate of drug-likeness (QED) is 0.147. The van der Waals surface area contributed by atoms with Crippen molar-refractivity contribution in [2.45, 2.75) is 20.3 Å². The number of hydrogen-bond acceptors (Lipinski definition) is 3. The zero-order valence-corrected chi connectivity index (χ0v) is 22.6. The van der Waals surface area contributed by atoms with E-state index in [0.717, 1.165) is 34.0 Å². The molecule has 0 aliphatic heterocycles. The average molecular weight is 644 g/mol. The van der Waals surface area contributed by atoms with Gasteiger partial charge in [-0.1, -0.05) is 55.5 Å². The van der Waals surface area contributed by atoms with Crippen molar-refractivity contribution in [1.29, 1.82) is 0 Å². The molecule has 1 radical (unpaired) electrons. The van der Waals surface area contributed by atoms with Crippen LogP contribution in [0.5, 0.6) is 0 Å². The molecule has 6 rings (SSSR count). The van der Waals surface area contributed by atoms with Gasteiger partial charge in [-0.3, -0.25) is 9.97 Å². The van der Waals surface area contributed by atoms with Crippen LogP contribution in [0.25, 0.3) is 44.2 Å². The first-order valence-corrected chi connectivity index (χ1v) is 11.8. The molecule has 0 unspecified atom stereocenters. The Morgan fingerprint density at radius 3 is 2.25 bits per heavy atom. The second-order valence-electron chi connectivity index (χ2n) is 8.41. The minimum absolute atomic E-state index is 0. The Bertz CT molecular complexity index is 1580. The van der Waals surface area contributed by atoms with E-state index in [1.54, 1.807) is 0 Å². The van der Waals surface area contributed by atoms with Crippen LogP contribution in [0.1, 0.15) is 18.1 Å². The van der Waals surface area contributed by atoms with Crippen LogP contribution in [0, 0.1) is 19.1 Å². The summed E-state index contributed by atoms with van der Waals surface area (Å²) in [6, 6.07) is 35.3. The fraction of sp³-hybridized carbons (Fsp3) is 0.0938. The molecule has 36 heavy (non-hydrogen) atoms. The molecular formula is C32H25IrN3-2. The Morgan fingerprint density at radius 1 is 0.694 bits per heavy atom. The van der Waals surface area contributed by atoms with Crippen LogP contribution in [0.3, 0.4) is 0 Å². The summed E-state index contributed by atoms with van der Waals surface area (Å²) >= 11 is 0. The molecule has 3 nitrogen and oxygen atoms in total. The summed E-state index contributed by atoms with van der Waals surface area (Å²) in [5.74, 6) is 0.711. The van der Waals surface area contributed by atoms with E-state index in [-0.39, 0.29) is 20.1 Å². The monoisotopic (exact) mass is 644 g/mol. The summed E-state index contributed by atoms with van der Waals surface area (Å²) in [6.07, 6.45) is 6.64.